The van der Waals surface area contributed by atoms with Crippen LogP contribution in [0.3, 0.4) is 0 Å². The van der Waals surface area contributed by atoms with Crippen molar-refractivity contribution in [2.45, 2.75) is 51.7 Å². The Kier molecular flexibility index (Phi) is 5.69. The fraction of sp³-hybridized carbons (Fsp3) is 0.526. The van der Waals surface area contributed by atoms with E-state index in [1.54, 1.807) is 13.4 Å². The molecule has 2 rings (SSSR count). The number of hydrogen-bond donors (Lipinski definition) is 0. The van der Waals surface area contributed by atoms with E-state index in [4.69, 9.17) is 9.47 Å². The van der Waals surface area contributed by atoms with Crippen molar-refractivity contribution in [2.75, 3.05) is 13.7 Å². The van der Waals surface area contributed by atoms with Gasteiger partial charge in [0.1, 0.15) is 5.60 Å². The fourth-order valence-corrected chi connectivity index (χ4v) is 2.88. The molecule has 1 unspecified atom stereocenters. The number of likely N-dealkylation sites (tertiary alicyclic amines) is 1. The Bertz CT molecular complexity index is 545. The van der Waals surface area contributed by atoms with E-state index in [-0.39, 0.29) is 12.1 Å². The summed E-state index contributed by atoms with van der Waals surface area (Å²) in [6.07, 6.45) is 4.18. The van der Waals surface area contributed by atoms with Gasteiger partial charge in [-0.2, -0.15) is 0 Å². The molecule has 0 radical (unpaired) electrons. The molecule has 0 bridgehead atoms. The van der Waals surface area contributed by atoms with Crippen molar-refractivity contribution in [3.8, 4) is 0 Å². The van der Waals surface area contributed by atoms with Gasteiger partial charge in [-0.3, -0.25) is 0 Å². The number of piperidine rings is 1. The van der Waals surface area contributed by atoms with Gasteiger partial charge < -0.3 is 14.4 Å². The van der Waals surface area contributed by atoms with E-state index in [0.717, 1.165) is 24.8 Å². The fourth-order valence-electron chi connectivity index (χ4n) is 2.88. The second-order valence-corrected chi connectivity index (χ2v) is 6.91. The molecule has 0 saturated carbocycles. The van der Waals surface area contributed by atoms with Crippen LogP contribution in [0.4, 0.5) is 4.79 Å². The van der Waals surface area contributed by atoms with Gasteiger partial charge in [-0.25, -0.2) is 4.79 Å². The summed E-state index contributed by atoms with van der Waals surface area (Å²) >= 11 is 0. The molecule has 4 heteroatoms. The number of amides is 1. The Morgan fingerprint density at radius 3 is 2.61 bits per heavy atom. The molecule has 0 aromatic heterocycles. The second kappa shape index (κ2) is 7.53. The van der Waals surface area contributed by atoms with Gasteiger partial charge in [-0.15, -0.1) is 0 Å². The third kappa shape index (κ3) is 5.02. The lowest BCUT2D eigenvalue weighted by atomic mass is 9.91. The molecule has 1 aliphatic rings. The van der Waals surface area contributed by atoms with Crippen LogP contribution in [-0.2, 0) is 15.9 Å². The molecule has 0 spiro atoms. The first-order valence-corrected chi connectivity index (χ1v) is 8.16. The lowest BCUT2D eigenvalue weighted by molar-refractivity contribution is 0.0155. The zero-order valence-electron chi connectivity index (χ0n) is 14.5. The number of hydrogen-bond acceptors (Lipinski definition) is 3. The molecule has 1 fully saturated rings. The van der Waals surface area contributed by atoms with Gasteiger partial charge in [-0.1, -0.05) is 30.3 Å². The quantitative estimate of drug-likeness (QED) is 0.786. The molecule has 126 valence electrons. The first-order chi connectivity index (χ1) is 10.9. The summed E-state index contributed by atoms with van der Waals surface area (Å²) in [7, 11) is 1.65. The van der Waals surface area contributed by atoms with Crippen molar-refractivity contribution in [2.24, 2.45) is 0 Å². The Labute approximate surface area is 139 Å². The number of benzene rings is 1. The predicted molar refractivity (Wildman–Crippen MR) is 91.2 cm³/mol. The smallest absolute Gasteiger partial charge is 0.410 e. The van der Waals surface area contributed by atoms with Gasteiger partial charge in [0.25, 0.3) is 0 Å². The van der Waals surface area contributed by atoms with E-state index in [1.165, 1.54) is 5.56 Å². The van der Waals surface area contributed by atoms with Gasteiger partial charge in [0, 0.05) is 6.54 Å². The van der Waals surface area contributed by atoms with Crippen LogP contribution < -0.4 is 0 Å². The first-order valence-electron chi connectivity index (χ1n) is 8.16. The molecule has 0 N–H and O–H groups in total. The largest absolute Gasteiger partial charge is 0.504 e. The highest BCUT2D eigenvalue weighted by Gasteiger charge is 2.33. The number of nitrogens with zero attached hydrogens (tertiary/aromatic N) is 1. The first kappa shape index (κ1) is 17.4. The van der Waals surface area contributed by atoms with Crippen LogP contribution >= 0.6 is 0 Å². The van der Waals surface area contributed by atoms with E-state index in [2.05, 4.69) is 12.1 Å². The Morgan fingerprint density at radius 2 is 2.00 bits per heavy atom. The number of carbonyl (C=O) groups excluding carboxylic acids is 1. The number of ether oxygens (including phenoxy) is 2. The highest BCUT2D eigenvalue weighted by Crippen LogP contribution is 2.27. The SMILES string of the molecule is COC=C1CCCN(C(=O)OC(C)(C)C)C1Cc1ccccc1. The van der Waals surface area contributed by atoms with Crippen LogP contribution in [0.2, 0.25) is 0 Å². The van der Waals surface area contributed by atoms with Gasteiger partial charge in [0.05, 0.1) is 19.4 Å². The van der Waals surface area contributed by atoms with Crippen LogP contribution in [0.15, 0.2) is 42.2 Å². The molecule has 1 aromatic carbocycles. The standard InChI is InChI=1S/C19H27NO3/c1-19(2,3)23-18(21)20-12-8-11-16(14-22-4)17(20)13-15-9-6-5-7-10-15/h5-7,9-10,14,17H,8,11-13H2,1-4H3. The summed E-state index contributed by atoms with van der Waals surface area (Å²) < 4.78 is 10.8. The minimum atomic E-state index is -0.489. The molecular weight excluding hydrogens is 290 g/mol. The van der Waals surface area contributed by atoms with Crippen molar-refractivity contribution < 1.29 is 14.3 Å². The zero-order chi connectivity index (χ0) is 16.9. The van der Waals surface area contributed by atoms with Crippen molar-refractivity contribution in [1.29, 1.82) is 0 Å². The van der Waals surface area contributed by atoms with E-state index < -0.39 is 5.60 Å². The number of methoxy groups -OCH3 is 1. The van der Waals surface area contributed by atoms with Crippen molar-refractivity contribution in [3.63, 3.8) is 0 Å². The molecule has 23 heavy (non-hydrogen) atoms. The van der Waals surface area contributed by atoms with E-state index >= 15 is 0 Å². The summed E-state index contributed by atoms with van der Waals surface area (Å²) in [6, 6.07) is 10.2. The van der Waals surface area contributed by atoms with E-state index in [1.807, 2.05) is 43.9 Å². The molecule has 1 atom stereocenters. The van der Waals surface area contributed by atoms with Crippen molar-refractivity contribution in [3.05, 3.63) is 47.7 Å². The monoisotopic (exact) mass is 317 g/mol. The van der Waals surface area contributed by atoms with E-state index in [0.29, 0.717) is 6.54 Å². The maximum Gasteiger partial charge on any atom is 0.410 e. The second-order valence-electron chi connectivity index (χ2n) is 6.91. The topological polar surface area (TPSA) is 38.8 Å². The Balaban J connectivity index is 2.23. The molecule has 1 amide bonds. The normalized spacial score (nSPS) is 20.4. The minimum Gasteiger partial charge on any atom is -0.504 e. The Hall–Kier alpha value is -1.97. The molecule has 1 aromatic rings. The van der Waals surface area contributed by atoms with Crippen LogP contribution in [0.1, 0.15) is 39.2 Å². The average molecular weight is 317 g/mol. The van der Waals surface area contributed by atoms with Gasteiger partial charge >= 0.3 is 6.09 Å². The van der Waals surface area contributed by atoms with Gasteiger partial charge in [0.2, 0.25) is 0 Å². The highest BCUT2D eigenvalue weighted by molar-refractivity contribution is 5.69. The maximum absolute atomic E-state index is 12.6. The summed E-state index contributed by atoms with van der Waals surface area (Å²) in [5.74, 6) is 0. The third-order valence-corrected chi connectivity index (χ3v) is 3.84. The predicted octanol–water partition coefficient (Wildman–Crippen LogP) is 4.16. The third-order valence-electron chi connectivity index (χ3n) is 3.84. The number of carbonyl (C=O) groups is 1. The summed E-state index contributed by atoms with van der Waals surface area (Å²) in [5.41, 5.74) is 1.86. The van der Waals surface area contributed by atoms with Gasteiger partial charge in [-0.05, 0) is 51.2 Å². The molecule has 4 nitrogen and oxygen atoms in total. The summed E-state index contributed by atoms with van der Waals surface area (Å²) in [6.45, 7) is 6.40. The van der Waals surface area contributed by atoms with Crippen LogP contribution in [0.25, 0.3) is 0 Å². The molecule has 1 aliphatic heterocycles. The molecule has 0 aliphatic carbocycles. The lowest BCUT2D eigenvalue weighted by Crippen LogP contribution is -2.48. The van der Waals surface area contributed by atoms with Gasteiger partial charge in [0.15, 0.2) is 0 Å². The molecule has 1 heterocycles. The molecular formula is C19H27NO3. The van der Waals surface area contributed by atoms with Crippen LogP contribution in [0, 0.1) is 0 Å². The van der Waals surface area contributed by atoms with Crippen LogP contribution in [-0.4, -0.2) is 36.3 Å². The zero-order valence-corrected chi connectivity index (χ0v) is 14.5. The molecule has 1 saturated heterocycles. The Morgan fingerprint density at radius 1 is 1.30 bits per heavy atom. The minimum absolute atomic E-state index is 0.0130. The van der Waals surface area contributed by atoms with E-state index in [9.17, 15) is 4.79 Å². The summed E-state index contributed by atoms with van der Waals surface area (Å²) in [5, 5.41) is 0. The lowest BCUT2D eigenvalue weighted by Gasteiger charge is -2.38. The van der Waals surface area contributed by atoms with Crippen molar-refractivity contribution in [1.82, 2.24) is 4.90 Å². The highest BCUT2D eigenvalue weighted by atomic mass is 16.6. The van der Waals surface area contributed by atoms with Crippen LogP contribution in [0.5, 0.6) is 0 Å². The maximum atomic E-state index is 12.6. The summed E-state index contributed by atoms with van der Waals surface area (Å²) in [4.78, 5) is 14.4. The van der Waals surface area contributed by atoms with Crippen molar-refractivity contribution >= 4 is 6.09 Å². The average Bonchev–Trinajstić information content (AvgIpc) is 2.48. The number of rotatable bonds is 3.